The van der Waals surface area contributed by atoms with Crippen molar-refractivity contribution in [2.75, 3.05) is 0 Å². The molecule has 6 nitrogen and oxygen atoms in total. The fraction of sp³-hybridized carbons (Fsp3) is 0.400. The average molecular weight is 156 g/mol. The lowest BCUT2D eigenvalue weighted by atomic mass is 10.0. The summed E-state index contributed by atoms with van der Waals surface area (Å²) in [6, 6.07) is 0. The Kier molecular flexibility index (Phi) is 1.61. The van der Waals surface area contributed by atoms with Crippen molar-refractivity contribution in [3.05, 3.63) is 12.2 Å². The van der Waals surface area contributed by atoms with Crippen LogP contribution in [0.15, 0.2) is 6.33 Å². The number of carbonyl (C=O) groups is 1. The van der Waals surface area contributed by atoms with E-state index >= 15 is 0 Å². The molecule has 0 spiro atoms. The Morgan fingerprint density at radius 2 is 2.55 bits per heavy atom. The maximum Gasteiger partial charge on any atom is 0.331 e. The molecule has 0 amide bonds. The second-order valence-electron chi connectivity index (χ2n) is 2.33. The molecule has 1 atom stereocenters. The summed E-state index contributed by atoms with van der Waals surface area (Å²) < 4.78 is 0. The topological polar surface area (TPSA) is 105 Å². The number of nitrogens with one attached hydrogen (secondary N) is 1. The Morgan fingerprint density at radius 3 is 2.91 bits per heavy atom. The van der Waals surface area contributed by atoms with Crippen molar-refractivity contribution in [2.45, 2.75) is 12.5 Å². The van der Waals surface area contributed by atoms with Gasteiger partial charge in [-0.3, -0.25) is 5.10 Å². The molecule has 0 bridgehead atoms. The molecule has 11 heavy (non-hydrogen) atoms. The molecule has 4 N–H and O–H groups in total. The number of aromatic nitrogens is 3. The van der Waals surface area contributed by atoms with Gasteiger partial charge >= 0.3 is 5.97 Å². The monoisotopic (exact) mass is 156 g/mol. The average Bonchev–Trinajstić information content (AvgIpc) is 2.37. The maximum atomic E-state index is 10.5. The molecule has 0 aliphatic rings. The first kappa shape index (κ1) is 7.67. The SMILES string of the molecule is CC(N)(C(=O)O)c1nc[nH]n1. The van der Waals surface area contributed by atoms with Crippen LogP contribution in [-0.4, -0.2) is 26.3 Å². The van der Waals surface area contributed by atoms with Gasteiger partial charge in [-0.05, 0) is 6.92 Å². The molecule has 0 radical (unpaired) electrons. The largest absolute Gasteiger partial charge is 0.480 e. The Morgan fingerprint density at radius 1 is 1.91 bits per heavy atom. The summed E-state index contributed by atoms with van der Waals surface area (Å²) in [6.45, 7) is 1.33. The van der Waals surface area contributed by atoms with Crippen LogP contribution in [0.25, 0.3) is 0 Å². The zero-order chi connectivity index (χ0) is 8.48. The number of rotatable bonds is 2. The normalized spacial score (nSPS) is 15.8. The Labute approximate surface area is 62.4 Å². The van der Waals surface area contributed by atoms with Crippen molar-refractivity contribution in [3.8, 4) is 0 Å². The second-order valence-corrected chi connectivity index (χ2v) is 2.33. The van der Waals surface area contributed by atoms with Crippen LogP contribution >= 0.6 is 0 Å². The molecule has 1 heterocycles. The van der Waals surface area contributed by atoms with Crippen LogP contribution in [0.1, 0.15) is 12.7 Å². The van der Waals surface area contributed by atoms with Crippen LogP contribution in [-0.2, 0) is 10.3 Å². The minimum absolute atomic E-state index is 0.0741. The minimum Gasteiger partial charge on any atom is -0.480 e. The summed E-state index contributed by atoms with van der Waals surface area (Å²) in [4.78, 5) is 14.1. The number of hydrogen-bond acceptors (Lipinski definition) is 4. The van der Waals surface area contributed by atoms with Gasteiger partial charge in [0.15, 0.2) is 11.4 Å². The van der Waals surface area contributed by atoms with E-state index in [2.05, 4.69) is 15.2 Å². The molecule has 0 aliphatic heterocycles. The third-order valence-electron chi connectivity index (χ3n) is 1.32. The Bertz CT molecular complexity index is 253. The van der Waals surface area contributed by atoms with E-state index in [4.69, 9.17) is 10.8 Å². The summed E-state index contributed by atoms with van der Waals surface area (Å²) in [5, 5.41) is 14.5. The van der Waals surface area contributed by atoms with Gasteiger partial charge in [0.2, 0.25) is 0 Å². The summed E-state index contributed by atoms with van der Waals surface area (Å²) in [5.74, 6) is -1.08. The van der Waals surface area contributed by atoms with E-state index in [-0.39, 0.29) is 5.82 Å². The summed E-state index contributed by atoms with van der Waals surface area (Å²) >= 11 is 0. The van der Waals surface area contributed by atoms with Gasteiger partial charge in [-0.15, -0.1) is 0 Å². The molecule has 1 unspecified atom stereocenters. The van der Waals surface area contributed by atoms with Crippen LogP contribution in [0.3, 0.4) is 0 Å². The molecule has 1 aromatic rings. The number of carboxylic acid groups (broad SMARTS) is 1. The van der Waals surface area contributed by atoms with E-state index < -0.39 is 11.5 Å². The standard InChI is InChI=1S/C5H8N4O2/c1-5(6,4(10)11)3-7-2-8-9-3/h2H,6H2,1H3,(H,10,11)(H,7,8,9). The third-order valence-corrected chi connectivity index (χ3v) is 1.32. The molecule has 1 rings (SSSR count). The van der Waals surface area contributed by atoms with Gasteiger partial charge in [0.25, 0.3) is 0 Å². The maximum absolute atomic E-state index is 10.5. The molecule has 6 heteroatoms. The molecular formula is C5H8N4O2. The summed E-state index contributed by atoms with van der Waals surface area (Å²) in [7, 11) is 0. The zero-order valence-corrected chi connectivity index (χ0v) is 5.90. The number of hydrogen-bond donors (Lipinski definition) is 3. The van der Waals surface area contributed by atoms with Gasteiger partial charge in [-0.1, -0.05) is 0 Å². The van der Waals surface area contributed by atoms with Gasteiger partial charge < -0.3 is 10.8 Å². The number of aromatic amines is 1. The third kappa shape index (κ3) is 1.20. The van der Waals surface area contributed by atoms with Crippen molar-refractivity contribution < 1.29 is 9.90 Å². The first-order valence-corrected chi connectivity index (χ1v) is 2.93. The zero-order valence-electron chi connectivity index (χ0n) is 5.90. The van der Waals surface area contributed by atoms with E-state index in [0.717, 1.165) is 0 Å². The Hall–Kier alpha value is -1.43. The van der Waals surface area contributed by atoms with Crippen molar-refractivity contribution in [1.29, 1.82) is 0 Å². The molecule has 0 aromatic carbocycles. The highest BCUT2D eigenvalue weighted by Gasteiger charge is 2.33. The van der Waals surface area contributed by atoms with Gasteiger partial charge in [0.1, 0.15) is 6.33 Å². The van der Waals surface area contributed by atoms with Crippen molar-refractivity contribution in [2.24, 2.45) is 5.73 Å². The summed E-state index contributed by atoms with van der Waals surface area (Å²) in [5.41, 5.74) is 3.87. The number of nitrogens with zero attached hydrogens (tertiary/aromatic N) is 2. The van der Waals surface area contributed by atoms with Crippen molar-refractivity contribution >= 4 is 5.97 Å². The van der Waals surface area contributed by atoms with Crippen LogP contribution in [0.5, 0.6) is 0 Å². The van der Waals surface area contributed by atoms with Gasteiger partial charge in [0.05, 0.1) is 0 Å². The molecule has 60 valence electrons. The lowest BCUT2D eigenvalue weighted by Gasteiger charge is -2.13. The van der Waals surface area contributed by atoms with E-state index in [9.17, 15) is 4.79 Å². The highest BCUT2D eigenvalue weighted by Crippen LogP contribution is 2.10. The fourth-order valence-electron chi connectivity index (χ4n) is 0.555. The second kappa shape index (κ2) is 2.31. The lowest BCUT2D eigenvalue weighted by Crippen LogP contribution is -2.42. The van der Waals surface area contributed by atoms with Gasteiger partial charge in [-0.2, -0.15) is 5.10 Å². The number of nitrogens with two attached hydrogens (primary N) is 1. The van der Waals surface area contributed by atoms with Crippen LogP contribution in [0.4, 0.5) is 0 Å². The van der Waals surface area contributed by atoms with E-state index in [1.54, 1.807) is 0 Å². The molecule has 0 aliphatic carbocycles. The predicted octanol–water partition coefficient (Wildman–Crippen LogP) is -0.937. The smallest absolute Gasteiger partial charge is 0.331 e. The molecule has 1 aromatic heterocycles. The van der Waals surface area contributed by atoms with E-state index in [1.807, 2.05) is 0 Å². The fourth-order valence-corrected chi connectivity index (χ4v) is 0.555. The number of carboxylic acids is 1. The summed E-state index contributed by atoms with van der Waals surface area (Å²) in [6.07, 6.45) is 1.28. The van der Waals surface area contributed by atoms with E-state index in [0.29, 0.717) is 0 Å². The lowest BCUT2D eigenvalue weighted by molar-refractivity contribution is -0.143. The van der Waals surface area contributed by atoms with Crippen LogP contribution in [0.2, 0.25) is 0 Å². The molecule has 0 fully saturated rings. The first-order chi connectivity index (χ1) is 5.05. The molecule has 0 saturated heterocycles. The first-order valence-electron chi connectivity index (χ1n) is 2.93. The van der Waals surface area contributed by atoms with E-state index in [1.165, 1.54) is 13.3 Å². The Balaban J connectivity index is 3.00. The van der Waals surface area contributed by atoms with Crippen LogP contribution in [0, 0.1) is 0 Å². The molecule has 0 saturated carbocycles. The van der Waals surface area contributed by atoms with Crippen molar-refractivity contribution in [3.63, 3.8) is 0 Å². The number of aliphatic carboxylic acids is 1. The minimum atomic E-state index is -1.51. The van der Waals surface area contributed by atoms with Gasteiger partial charge in [-0.25, -0.2) is 9.78 Å². The van der Waals surface area contributed by atoms with Gasteiger partial charge in [0, 0.05) is 0 Å². The number of H-pyrrole nitrogens is 1. The highest BCUT2D eigenvalue weighted by atomic mass is 16.4. The van der Waals surface area contributed by atoms with Crippen molar-refractivity contribution in [1.82, 2.24) is 15.2 Å². The highest BCUT2D eigenvalue weighted by molar-refractivity contribution is 5.78. The predicted molar refractivity (Wildman–Crippen MR) is 35.6 cm³/mol. The van der Waals surface area contributed by atoms with Crippen LogP contribution < -0.4 is 5.73 Å². The quantitative estimate of drug-likeness (QED) is 0.512. The molecular weight excluding hydrogens is 148 g/mol.